The summed E-state index contributed by atoms with van der Waals surface area (Å²) in [5, 5.41) is 2.57. The van der Waals surface area contributed by atoms with Crippen molar-refractivity contribution in [2.45, 2.75) is 6.92 Å². The Morgan fingerprint density at radius 1 is 1.35 bits per heavy atom. The number of oxazole rings is 1. The summed E-state index contributed by atoms with van der Waals surface area (Å²) in [6.45, 7) is 1.79. The molecule has 1 aromatic carbocycles. The van der Waals surface area contributed by atoms with Crippen LogP contribution >= 0.6 is 0 Å². The summed E-state index contributed by atoms with van der Waals surface area (Å²) in [5.74, 6) is 1.32. The fraction of sp³-hybridized carbons (Fsp3) is 0.167. The molecule has 0 saturated carbocycles. The molecule has 1 aromatic heterocycles. The number of anilines is 1. The first-order valence-corrected chi connectivity index (χ1v) is 5.07. The van der Waals surface area contributed by atoms with Gasteiger partial charge in [0.2, 0.25) is 0 Å². The first kappa shape index (κ1) is 11.2. The number of rotatable bonds is 2. The first-order chi connectivity index (χ1) is 8.19. The standard InChI is InChI=1S/C12H12N2O3/c1-8-13-7-11(17-8)9-3-5-10(6-4-9)14-12(15)16-2/h3-7H,1-2H3,(H,14,15). The van der Waals surface area contributed by atoms with Crippen LogP contribution in [0.2, 0.25) is 0 Å². The van der Waals surface area contributed by atoms with Gasteiger partial charge in [-0.25, -0.2) is 9.78 Å². The predicted molar refractivity (Wildman–Crippen MR) is 62.7 cm³/mol. The van der Waals surface area contributed by atoms with Crippen molar-refractivity contribution in [1.29, 1.82) is 0 Å². The fourth-order valence-corrected chi connectivity index (χ4v) is 1.38. The van der Waals surface area contributed by atoms with Gasteiger partial charge in [0.05, 0.1) is 13.3 Å². The predicted octanol–water partition coefficient (Wildman–Crippen LogP) is 2.83. The van der Waals surface area contributed by atoms with Crippen LogP contribution in [0.4, 0.5) is 10.5 Å². The second kappa shape index (κ2) is 4.69. The minimum absolute atomic E-state index is 0.492. The molecule has 17 heavy (non-hydrogen) atoms. The van der Waals surface area contributed by atoms with Crippen molar-refractivity contribution in [3.8, 4) is 11.3 Å². The zero-order valence-corrected chi connectivity index (χ0v) is 9.56. The lowest BCUT2D eigenvalue weighted by atomic mass is 10.2. The van der Waals surface area contributed by atoms with E-state index in [1.165, 1.54) is 7.11 Å². The molecule has 0 aliphatic rings. The number of aromatic nitrogens is 1. The van der Waals surface area contributed by atoms with Gasteiger partial charge in [-0.2, -0.15) is 0 Å². The van der Waals surface area contributed by atoms with E-state index in [-0.39, 0.29) is 0 Å². The van der Waals surface area contributed by atoms with Crippen molar-refractivity contribution in [3.63, 3.8) is 0 Å². The molecule has 0 fully saturated rings. The molecular weight excluding hydrogens is 220 g/mol. The number of nitrogens with zero attached hydrogens (tertiary/aromatic N) is 1. The number of ether oxygens (including phenoxy) is 1. The van der Waals surface area contributed by atoms with Crippen molar-refractivity contribution in [3.05, 3.63) is 36.4 Å². The van der Waals surface area contributed by atoms with Crippen molar-refractivity contribution in [2.24, 2.45) is 0 Å². The SMILES string of the molecule is COC(=O)Nc1ccc(-c2cnc(C)o2)cc1. The fourth-order valence-electron chi connectivity index (χ4n) is 1.38. The largest absolute Gasteiger partial charge is 0.453 e. The Bertz CT molecular complexity index is 517. The first-order valence-electron chi connectivity index (χ1n) is 5.07. The van der Waals surface area contributed by atoms with E-state index in [0.29, 0.717) is 17.3 Å². The van der Waals surface area contributed by atoms with E-state index in [1.54, 1.807) is 25.3 Å². The topological polar surface area (TPSA) is 64.4 Å². The highest BCUT2D eigenvalue weighted by molar-refractivity contribution is 5.84. The summed E-state index contributed by atoms with van der Waals surface area (Å²) >= 11 is 0. The van der Waals surface area contributed by atoms with Crippen LogP contribution in [0.25, 0.3) is 11.3 Å². The quantitative estimate of drug-likeness (QED) is 0.864. The molecule has 1 heterocycles. The highest BCUT2D eigenvalue weighted by Crippen LogP contribution is 2.21. The molecule has 5 heteroatoms. The maximum atomic E-state index is 11.0. The molecule has 0 saturated heterocycles. The van der Waals surface area contributed by atoms with E-state index < -0.39 is 6.09 Å². The maximum absolute atomic E-state index is 11.0. The summed E-state index contributed by atoms with van der Waals surface area (Å²) in [6.07, 6.45) is 1.17. The van der Waals surface area contributed by atoms with E-state index >= 15 is 0 Å². The number of benzene rings is 1. The summed E-state index contributed by atoms with van der Waals surface area (Å²) in [7, 11) is 1.32. The summed E-state index contributed by atoms with van der Waals surface area (Å²) < 4.78 is 9.88. The Kier molecular flexibility index (Phi) is 3.09. The van der Waals surface area contributed by atoms with Crippen LogP contribution in [0.1, 0.15) is 5.89 Å². The number of amides is 1. The molecule has 5 nitrogen and oxygen atoms in total. The molecule has 0 aliphatic heterocycles. The number of carbonyl (C=O) groups excluding carboxylic acids is 1. The van der Waals surface area contributed by atoms with Gasteiger partial charge in [-0.15, -0.1) is 0 Å². The van der Waals surface area contributed by atoms with Gasteiger partial charge < -0.3 is 9.15 Å². The molecule has 2 rings (SSSR count). The van der Waals surface area contributed by atoms with Gasteiger partial charge in [0, 0.05) is 18.2 Å². The lowest BCUT2D eigenvalue weighted by Gasteiger charge is -2.03. The van der Waals surface area contributed by atoms with Crippen molar-refractivity contribution >= 4 is 11.8 Å². The lowest BCUT2D eigenvalue weighted by Crippen LogP contribution is -2.10. The Morgan fingerprint density at radius 2 is 2.06 bits per heavy atom. The molecule has 0 spiro atoms. The second-order valence-corrected chi connectivity index (χ2v) is 3.44. The second-order valence-electron chi connectivity index (χ2n) is 3.44. The van der Waals surface area contributed by atoms with Gasteiger partial charge in [-0.3, -0.25) is 5.32 Å². The Labute approximate surface area is 98.4 Å². The monoisotopic (exact) mass is 232 g/mol. The summed E-state index contributed by atoms with van der Waals surface area (Å²) in [4.78, 5) is 15.0. The van der Waals surface area contributed by atoms with E-state index in [4.69, 9.17) is 4.42 Å². The van der Waals surface area contributed by atoms with Gasteiger partial charge in [0.25, 0.3) is 0 Å². The minimum atomic E-state index is -0.492. The van der Waals surface area contributed by atoms with Crippen molar-refractivity contribution in [1.82, 2.24) is 4.98 Å². The number of nitrogens with one attached hydrogen (secondary N) is 1. The molecule has 0 radical (unpaired) electrons. The van der Waals surface area contributed by atoms with Crippen LogP contribution in [0, 0.1) is 6.92 Å². The third-order valence-corrected chi connectivity index (χ3v) is 2.22. The molecule has 1 amide bonds. The smallest absolute Gasteiger partial charge is 0.411 e. The highest BCUT2D eigenvalue weighted by atomic mass is 16.5. The van der Waals surface area contributed by atoms with Gasteiger partial charge in [-0.1, -0.05) is 0 Å². The molecule has 0 aliphatic carbocycles. The van der Waals surface area contributed by atoms with Crippen LogP contribution < -0.4 is 5.32 Å². The van der Waals surface area contributed by atoms with Crippen LogP contribution in [-0.2, 0) is 4.74 Å². The summed E-state index contributed by atoms with van der Waals surface area (Å²) in [5.41, 5.74) is 1.57. The molecular formula is C12H12N2O3. The Morgan fingerprint density at radius 3 is 2.59 bits per heavy atom. The van der Waals surface area contributed by atoms with Gasteiger partial charge in [0.1, 0.15) is 0 Å². The van der Waals surface area contributed by atoms with E-state index in [0.717, 1.165) is 5.56 Å². The molecule has 2 aromatic rings. The number of hydrogen-bond acceptors (Lipinski definition) is 4. The summed E-state index contributed by atoms with van der Waals surface area (Å²) in [6, 6.07) is 7.21. The van der Waals surface area contributed by atoms with Crippen LogP contribution in [0.3, 0.4) is 0 Å². The van der Waals surface area contributed by atoms with E-state index in [2.05, 4.69) is 15.0 Å². The average Bonchev–Trinajstić information content (AvgIpc) is 2.77. The number of hydrogen-bond donors (Lipinski definition) is 1. The number of carbonyl (C=O) groups is 1. The van der Waals surface area contributed by atoms with Crippen molar-refractivity contribution in [2.75, 3.05) is 12.4 Å². The molecule has 0 unspecified atom stereocenters. The Balaban J connectivity index is 2.15. The van der Waals surface area contributed by atoms with Gasteiger partial charge in [0.15, 0.2) is 11.7 Å². The molecule has 88 valence electrons. The molecule has 1 N–H and O–H groups in total. The van der Waals surface area contributed by atoms with Crippen LogP contribution in [-0.4, -0.2) is 18.2 Å². The Hall–Kier alpha value is -2.30. The average molecular weight is 232 g/mol. The van der Waals surface area contributed by atoms with Crippen LogP contribution in [0.5, 0.6) is 0 Å². The van der Waals surface area contributed by atoms with Gasteiger partial charge in [-0.05, 0) is 24.3 Å². The zero-order chi connectivity index (χ0) is 12.3. The zero-order valence-electron chi connectivity index (χ0n) is 9.56. The van der Waals surface area contributed by atoms with E-state index in [9.17, 15) is 4.79 Å². The number of methoxy groups -OCH3 is 1. The third kappa shape index (κ3) is 2.63. The molecule has 0 atom stereocenters. The molecule has 0 bridgehead atoms. The van der Waals surface area contributed by atoms with E-state index in [1.807, 2.05) is 12.1 Å². The highest BCUT2D eigenvalue weighted by Gasteiger charge is 2.04. The minimum Gasteiger partial charge on any atom is -0.453 e. The normalized spacial score (nSPS) is 10.0. The maximum Gasteiger partial charge on any atom is 0.411 e. The third-order valence-electron chi connectivity index (χ3n) is 2.22. The van der Waals surface area contributed by atoms with Crippen molar-refractivity contribution < 1.29 is 13.9 Å². The number of aryl methyl sites for hydroxylation is 1. The van der Waals surface area contributed by atoms with Crippen LogP contribution in [0.15, 0.2) is 34.9 Å². The lowest BCUT2D eigenvalue weighted by molar-refractivity contribution is 0.187. The van der Waals surface area contributed by atoms with Gasteiger partial charge >= 0.3 is 6.09 Å².